The van der Waals surface area contributed by atoms with Gasteiger partial charge in [0.15, 0.2) is 0 Å². The molecule has 2 aliphatic heterocycles. The van der Waals surface area contributed by atoms with Crippen LogP contribution >= 0.6 is 0 Å². The highest BCUT2D eigenvalue weighted by Gasteiger charge is 2.31. The van der Waals surface area contributed by atoms with Gasteiger partial charge in [-0.25, -0.2) is 0 Å². The molecular formula is C17H23N3O3. The number of ether oxygens (including phenoxy) is 1. The van der Waals surface area contributed by atoms with Crippen molar-refractivity contribution in [3.05, 3.63) is 29.1 Å². The zero-order chi connectivity index (χ0) is 16.4. The summed E-state index contributed by atoms with van der Waals surface area (Å²) >= 11 is 0. The predicted octanol–water partition coefficient (Wildman–Crippen LogP) is 1.09. The summed E-state index contributed by atoms with van der Waals surface area (Å²) in [6.45, 7) is 2.90. The first kappa shape index (κ1) is 15.9. The number of nitrogens with zero attached hydrogens (tertiary/aromatic N) is 3. The Bertz CT molecular complexity index is 617. The maximum Gasteiger partial charge on any atom is 0.310 e. The molecule has 23 heavy (non-hydrogen) atoms. The molecule has 3 rings (SSSR count). The van der Waals surface area contributed by atoms with E-state index in [1.807, 2.05) is 6.20 Å². The number of methoxy groups -OCH3 is 1. The van der Waals surface area contributed by atoms with Gasteiger partial charge in [0.2, 0.25) is 0 Å². The summed E-state index contributed by atoms with van der Waals surface area (Å²) < 4.78 is 4.83. The smallest absolute Gasteiger partial charge is 0.310 e. The molecule has 0 spiro atoms. The van der Waals surface area contributed by atoms with E-state index in [2.05, 4.69) is 16.9 Å². The Morgan fingerprint density at radius 3 is 2.91 bits per heavy atom. The zero-order valence-electron chi connectivity index (χ0n) is 13.7. The van der Waals surface area contributed by atoms with Gasteiger partial charge in [-0.15, -0.1) is 0 Å². The van der Waals surface area contributed by atoms with Crippen molar-refractivity contribution in [3.8, 4) is 0 Å². The summed E-state index contributed by atoms with van der Waals surface area (Å²) in [6, 6.07) is 0. The van der Waals surface area contributed by atoms with E-state index >= 15 is 0 Å². The second-order valence-corrected chi connectivity index (χ2v) is 6.43. The number of hydrogen-bond donors (Lipinski definition) is 0. The molecule has 0 aromatic carbocycles. The summed E-state index contributed by atoms with van der Waals surface area (Å²) in [4.78, 5) is 33.0. The van der Waals surface area contributed by atoms with E-state index < -0.39 is 0 Å². The van der Waals surface area contributed by atoms with Crippen LogP contribution in [-0.4, -0.2) is 60.5 Å². The number of hydrogen-bond acceptors (Lipinski definition) is 5. The number of carbonyl (C=O) groups excluding carboxylic acids is 2. The standard InChI is InChI=1S/C17H23N3O3/c1-19-7-5-14-13(10-19)8-18-9-15(14)16(21)20-6-3-4-12(11-20)17(22)23-2/h8-9,12H,3-7,10-11H2,1-2H3. The van der Waals surface area contributed by atoms with Gasteiger partial charge in [0.05, 0.1) is 18.6 Å². The molecule has 6 heteroatoms. The van der Waals surface area contributed by atoms with Crippen LogP contribution in [0.2, 0.25) is 0 Å². The number of carbonyl (C=O) groups is 2. The number of likely N-dealkylation sites (N-methyl/N-ethyl adjacent to an activating group) is 1. The summed E-state index contributed by atoms with van der Waals surface area (Å²) in [6.07, 6.45) is 6.01. The minimum Gasteiger partial charge on any atom is -0.469 e. The average Bonchev–Trinajstić information content (AvgIpc) is 2.59. The molecule has 6 nitrogen and oxygen atoms in total. The highest BCUT2D eigenvalue weighted by Crippen LogP contribution is 2.24. The number of rotatable bonds is 2. The lowest BCUT2D eigenvalue weighted by molar-refractivity contribution is -0.146. The molecule has 1 saturated heterocycles. The Kier molecular flexibility index (Phi) is 4.61. The topological polar surface area (TPSA) is 62.7 Å². The number of pyridine rings is 1. The van der Waals surface area contributed by atoms with Gasteiger partial charge < -0.3 is 14.5 Å². The molecule has 2 aliphatic rings. The zero-order valence-corrected chi connectivity index (χ0v) is 13.7. The SMILES string of the molecule is COC(=O)C1CCCN(C(=O)c2cncc3c2CCN(C)C3)C1. The Morgan fingerprint density at radius 2 is 2.13 bits per heavy atom. The van der Waals surface area contributed by atoms with Gasteiger partial charge in [0, 0.05) is 38.6 Å². The van der Waals surface area contributed by atoms with Gasteiger partial charge in [0.25, 0.3) is 5.91 Å². The van der Waals surface area contributed by atoms with Crippen LogP contribution in [0, 0.1) is 5.92 Å². The minimum absolute atomic E-state index is 0.00694. The second-order valence-electron chi connectivity index (χ2n) is 6.43. The third kappa shape index (κ3) is 3.22. The van der Waals surface area contributed by atoms with Crippen LogP contribution in [0.3, 0.4) is 0 Å². The van der Waals surface area contributed by atoms with E-state index in [1.54, 1.807) is 11.1 Å². The third-order valence-corrected chi connectivity index (χ3v) is 4.80. The molecule has 0 N–H and O–H groups in total. The van der Waals surface area contributed by atoms with Crippen molar-refractivity contribution in [1.29, 1.82) is 0 Å². The summed E-state index contributed by atoms with van der Waals surface area (Å²) in [5, 5.41) is 0. The molecule has 0 saturated carbocycles. The van der Waals surface area contributed by atoms with Crippen LogP contribution in [0.25, 0.3) is 0 Å². The normalized spacial score (nSPS) is 21.7. The number of esters is 1. The van der Waals surface area contributed by atoms with E-state index in [9.17, 15) is 9.59 Å². The summed E-state index contributed by atoms with van der Waals surface area (Å²) in [5.74, 6) is -0.443. The van der Waals surface area contributed by atoms with Gasteiger partial charge in [0.1, 0.15) is 0 Å². The fraction of sp³-hybridized carbons (Fsp3) is 0.588. The first-order chi connectivity index (χ1) is 11.1. The highest BCUT2D eigenvalue weighted by molar-refractivity contribution is 5.96. The van der Waals surface area contributed by atoms with Crippen molar-refractivity contribution in [3.63, 3.8) is 0 Å². The number of aromatic nitrogens is 1. The van der Waals surface area contributed by atoms with Crippen molar-refractivity contribution < 1.29 is 14.3 Å². The van der Waals surface area contributed by atoms with E-state index in [0.717, 1.165) is 43.5 Å². The molecule has 0 radical (unpaired) electrons. The first-order valence-electron chi connectivity index (χ1n) is 8.11. The summed E-state index contributed by atoms with van der Waals surface area (Å²) in [7, 11) is 3.47. The number of likely N-dealkylation sites (tertiary alicyclic amines) is 1. The lowest BCUT2D eigenvalue weighted by Gasteiger charge is -2.33. The molecule has 1 fully saturated rings. The second kappa shape index (κ2) is 6.66. The average molecular weight is 317 g/mol. The fourth-order valence-electron chi connectivity index (χ4n) is 3.51. The lowest BCUT2D eigenvalue weighted by Crippen LogP contribution is -2.43. The lowest BCUT2D eigenvalue weighted by atomic mass is 9.94. The van der Waals surface area contributed by atoms with Crippen molar-refractivity contribution in [2.75, 3.05) is 33.8 Å². The first-order valence-corrected chi connectivity index (χ1v) is 8.11. The van der Waals surface area contributed by atoms with E-state index in [4.69, 9.17) is 4.74 Å². The van der Waals surface area contributed by atoms with Crippen molar-refractivity contribution in [2.24, 2.45) is 5.92 Å². The van der Waals surface area contributed by atoms with Crippen LogP contribution in [-0.2, 0) is 22.5 Å². The van der Waals surface area contributed by atoms with Gasteiger partial charge >= 0.3 is 5.97 Å². The van der Waals surface area contributed by atoms with Gasteiger partial charge in [-0.2, -0.15) is 0 Å². The van der Waals surface area contributed by atoms with Crippen LogP contribution in [0.4, 0.5) is 0 Å². The van der Waals surface area contributed by atoms with Crippen LogP contribution < -0.4 is 0 Å². The molecule has 3 heterocycles. The van der Waals surface area contributed by atoms with E-state index in [-0.39, 0.29) is 17.8 Å². The van der Waals surface area contributed by atoms with Crippen LogP contribution in [0.15, 0.2) is 12.4 Å². The monoisotopic (exact) mass is 317 g/mol. The van der Waals surface area contributed by atoms with Gasteiger partial charge in [-0.1, -0.05) is 0 Å². The van der Waals surface area contributed by atoms with Gasteiger partial charge in [-0.3, -0.25) is 14.6 Å². The molecule has 1 amide bonds. The van der Waals surface area contributed by atoms with E-state index in [0.29, 0.717) is 18.7 Å². The van der Waals surface area contributed by atoms with Crippen molar-refractivity contribution >= 4 is 11.9 Å². The number of fused-ring (bicyclic) bond motifs is 1. The molecule has 1 atom stereocenters. The predicted molar refractivity (Wildman–Crippen MR) is 84.9 cm³/mol. The maximum atomic E-state index is 12.9. The molecule has 0 bridgehead atoms. The highest BCUT2D eigenvalue weighted by atomic mass is 16.5. The molecule has 1 aromatic heterocycles. The van der Waals surface area contributed by atoms with Crippen molar-refractivity contribution in [2.45, 2.75) is 25.8 Å². The minimum atomic E-state index is -0.225. The van der Waals surface area contributed by atoms with E-state index in [1.165, 1.54) is 7.11 Å². The number of piperidine rings is 1. The molecule has 1 aromatic rings. The Labute approximate surface area is 136 Å². The fourth-order valence-corrected chi connectivity index (χ4v) is 3.51. The maximum absolute atomic E-state index is 12.9. The Balaban J connectivity index is 1.81. The Morgan fingerprint density at radius 1 is 1.30 bits per heavy atom. The summed E-state index contributed by atoms with van der Waals surface area (Å²) in [5.41, 5.74) is 2.94. The quantitative estimate of drug-likeness (QED) is 0.764. The molecular weight excluding hydrogens is 294 g/mol. The van der Waals surface area contributed by atoms with Crippen LogP contribution in [0.1, 0.15) is 34.3 Å². The van der Waals surface area contributed by atoms with Gasteiger partial charge in [-0.05, 0) is 37.4 Å². The molecule has 0 aliphatic carbocycles. The largest absolute Gasteiger partial charge is 0.469 e. The molecule has 1 unspecified atom stereocenters. The molecule has 124 valence electrons. The van der Waals surface area contributed by atoms with Crippen LogP contribution in [0.5, 0.6) is 0 Å². The van der Waals surface area contributed by atoms with Crippen molar-refractivity contribution in [1.82, 2.24) is 14.8 Å². The number of amides is 1. The third-order valence-electron chi connectivity index (χ3n) is 4.80. The Hall–Kier alpha value is -1.95.